The first kappa shape index (κ1) is 12.8. The summed E-state index contributed by atoms with van der Waals surface area (Å²) in [6, 6.07) is 0.394. The molecule has 4 nitrogen and oxygen atoms in total. The Kier molecular flexibility index (Phi) is 4.40. The quantitative estimate of drug-likeness (QED) is 0.796. The highest BCUT2D eigenvalue weighted by Crippen LogP contribution is 2.22. The molecule has 0 unspecified atom stereocenters. The van der Waals surface area contributed by atoms with Crippen LogP contribution >= 0.6 is 0 Å². The van der Waals surface area contributed by atoms with Crippen molar-refractivity contribution in [1.82, 2.24) is 10.2 Å². The van der Waals surface area contributed by atoms with Crippen LogP contribution in [0.4, 0.5) is 0 Å². The van der Waals surface area contributed by atoms with Crippen LogP contribution in [-0.4, -0.2) is 49.7 Å². The summed E-state index contributed by atoms with van der Waals surface area (Å²) in [4.78, 5) is 14.1. The third kappa shape index (κ3) is 3.19. The first-order chi connectivity index (χ1) is 8.18. The average Bonchev–Trinajstić information content (AvgIpc) is 2.45. The Morgan fingerprint density at radius 2 is 2.35 bits per heavy atom. The van der Waals surface area contributed by atoms with Crippen LogP contribution in [0.1, 0.15) is 26.7 Å². The van der Waals surface area contributed by atoms with Gasteiger partial charge in [0.25, 0.3) is 0 Å². The van der Waals surface area contributed by atoms with E-state index in [0.717, 1.165) is 39.1 Å². The number of nitrogens with zero attached hydrogens (tertiary/aromatic N) is 1. The highest BCUT2D eigenvalue weighted by Gasteiger charge is 2.35. The molecule has 98 valence electrons. The standard InChI is InChI=1S/C13H24N2O2/c1-10(2)4-6-15-12-3-5-14-7-11(12)8-17-9-13(15)16/h10-12,14H,3-9H2,1-2H3/t11-,12-/m1/s1. The Hall–Kier alpha value is -0.610. The lowest BCUT2D eigenvalue weighted by molar-refractivity contribution is -0.136. The zero-order chi connectivity index (χ0) is 12.3. The molecule has 0 aromatic rings. The molecule has 1 amide bonds. The molecule has 2 fully saturated rings. The molecule has 1 N–H and O–H groups in total. The van der Waals surface area contributed by atoms with Crippen molar-refractivity contribution in [1.29, 1.82) is 0 Å². The van der Waals surface area contributed by atoms with E-state index in [2.05, 4.69) is 24.1 Å². The van der Waals surface area contributed by atoms with Gasteiger partial charge in [-0.15, -0.1) is 0 Å². The lowest BCUT2D eigenvalue weighted by Crippen LogP contribution is -2.52. The van der Waals surface area contributed by atoms with Crippen molar-refractivity contribution in [3.05, 3.63) is 0 Å². The number of rotatable bonds is 3. The summed E-state index contributed by atoms with van der Waals surface area (Å²) in [5, 5.41) is 3.39. The van der Waals surface area contributed by atoms with Gasteiger partial charge in [0.1, 0.15) is 6.61 Å². The number of nitrogens with one attached hydrogen (secondary N) is 1. The molecule has 0 bridgehead atoms. The van der Waals surface area contributed by atoms with E-state index < -0.39 is 0 Å². The molecular weight excluding hydrogens is 216 g/mol. The van der Waals surface area contributed by atoms with Crippen molar-refractivity contribution in [2.75, 3.05) is 32.8 Å². The van der Waals surface area contributed by atoms with Crippen LogP contribution in [0.2, 0.25) is 0 Å². The van der Waals surface area contributed by atoms with Gasteiger partial charge in [-0.3, -0.25) is 4.79 Å². The molecule has 0 aromatic carbocycles. The van der Waals surface area contributed by atoms with Crippen LogP contribution in [-0.2, 0) is 9.53 Å². The van der Waals surface area contributed by atoms with E-state index in [1.165, 1.54) is 0 Å². The van der Waals surface area contributed by atoms with Gasteiger partial charge in [-0.2, -0.15) is 0 Å². The summed E-state index contributed by atoms with van der Waals surface area (Å²) in [6.07, 6.45) is 2.15. The van der Waals surface area contributed by atoms with E-state index in [1.54, 1.807) is 0 Å². The summed E-state index contributed by atoms with van der Waals surface area (Å²) in [6.45, 7) is 8.30. The molecule has 2 rings (SSSR count). The Balaban J connectivity index is 2.03. The van der Waals surface area contributed by atoms with Gasteiger partial charge < -0.3 is 15.0 Å². The van der Waals surface area contributed by atoms with E-state index >= 15 is 0 Å². The number of carbonyl (C=O) groups is 1. The second kappa shape index (κ2) is 5.83. The Labute approximate surface area is 104 Å². The molecular formula is C13H24N2O2. The Morgan fingerprint density at radius 3 is 3.12 bits per heavy atom. The van der Waals surface area contributed by atoms with Gasteiger partial charge in [-0.1, -0.05) is 13.8 Å². The van der Waals surface area contributed by atoms with Gasteiger partial charge >= 0.3 is 0 Å². The van der Waals surface area contributed by atoms with Crippen LogP contribution in [0, 0.1) is 11.8 Å². The summed E-state index contributed by atoms with van der Waals surface area (Å²) in [5.41, 5.74) is 0. The third-order valence-electron chi connectivity index (χ3n) is 3.79. The maximum atomic E-state index is 12.1. The number of piperidine rings is 1. The highest BCUT2D eigenvalue weighted by atomic mass is 16.5. The van der Waals surface area contributed by atoms with Crippen molar-refractivity contribution in [2.24, 2.45) is 11.8 Å². The van der Waals surface area contributed by atoms with Crippen molar-refractivity contribution in [3.8, 4) is 0 Å². The molecule has 0 radical (unpaired) electrons. The van der Waals surface area contributed by atoms with Crippen molar-refractivity contribution in [2.45, 2.75) is 32.7 Å². The molecule has 2 aliphatic heterocycles. The molecule has 2 atom stereocenters. The smallest absolute Gasteiger partial charge is 0.248 e. The minimum absolute atomic E-state index is 0.181. The van der Waals surface area contributed by atoms with Crippen molar-refractivity contribution in [3.63, 3.8) is 0 Å². The molecule has 2 aliphatic rings. The highest BCUT2D eigenvalue weighted by molar-refractivity contribution is 5.78. The first-order valence-corrected chi connectivity index (χ1v) is 6.76. The third-order valence-corrected chi connectivity index (χ3v) is 3.79. The fourth-order valence-corrected chi connectivity index (χ4v) is 2.74. The normalized spacial score (nSPS) is 30.3. The number of amides is 1. The molecule has 2 saturated heterocycles. The lowest BCUT2D eigenvalue weighted by Gasteiger charge is -2.38. The predicted octanol–water partition coefficient (Wildman–Crippen LogP) is 0.869. The summed E-state index contributed by atoms with van der Waals surface area (Å²) in [5.74, 6) is 1.30. The fraction of sp³-hybridized carbons (Fsp3) is 0.923. The van der Waals surface area contributed by atoms with Gasteiger partial charge in [-0.25, -0.2) is 0 Å². The van der Waals surface area contributed by atoms with Crippen LogP contribution in [0.15, 0.2) is 0 Å². The van der Waals surface area contributed by atoms with Crippen molar-refractivity contribution >= 4 is 5.91 Å². The summed E-state index contributed by atoms with van der Waals surface area (Å²) < 4.78 is 5.48. The molecule has 2 heterocycles. The van der Waals surface area contributed by atoms with E-state index in [0.29, 0.717) is 17.9 Å². The van der Waals surface area contributed by atoms with Crippen LogP contribution < -0.4 is 5.32 Å². The molecule has 0 saturated carbocycles. The zero-order valence-corrected chi connectivity index (χ0v) is 10.9. The molecule has 17 heavy (non-hydrogen) atoms. The average molecular weight is 240 g/mol. The zero-order valence-electron chi connectivity index (χ0n) is 10.9. The van der Waals surface area contributed by atoms with Crippen molar-refractivity contribution < 1.29 is 9.53 Å². The van der Waals surface area contributed by atoms with E-state index in [4.69, 9.17) is 4.74 Å². The summed E-state index contributed by atoms with van der Waals surface area (Å²) in [7, 11) is 0. The SMILES string of the molecule is CC(C)CCN1C(=O)COC[C@H]2CNCC[C@H]21. The Bertz CT molecular complexity index is 268. The van der Waals surface area contributed by atoms with Gasteiger partial charge in [0, 0.05) is 25.0 Å². The van der Waals surface area contributed by atoms with E-state index in [-0.39, 0.29) is 12.5 Å². The van der Waals surface area contributed by atoms with Gasteiger partial charge in [0.2, 0.25) is 5.91 Å². The van der Waals surface area contributed by atoms with Crippen LogP contribution in [0.5, 0.6) is 0 Å². The number of hydrogen-bond donors (Lipinski definition) is 1. The largest absolute Gasteiger partial charge is 0.371 e. The fourth-order valence-electron chi connectivity index (χ4n) is 2.74. The first-order valence-electron chi connectivity index (χ1n) is 6.76. The predicted molar refractivity (Wildman–Crippen MR) is 66.8 cm³/mol. The van der Waals surface area contributed by atoms with Gasteiger partial charge in [0.15, 0.2) is 0 Å². The minimum atomic E-state index is 0.181. The number of ether oxygens (including phenoxy) is 1. The van der Waals surface area contributed by atoms with Gasteiger partial charge in [-0.05, 0) is 25.3 Å². The number of carbonyl (C=O) groups excluding carboxylic acids is 1. The van der Waals surface area contributed by atoms with Crippen LogP contribution in [0.25, 0.3) is 0 Å². The van der Waals surface area contributed by atoms with E-state index in [1.807, 2.05) is 0 Å². The lowest BCUT2D eigenvalue weighted by atomic mass is 9.92. The number of fused-ring (bicyclic) bond motifs is 1. The molecule has 4 heteroatoms. The van der Waals surface area contributed by atoms with Gasteiger partial charge in [0.05, 0.1) is 6.61 Å². The minimum Gasteiger partial charge on any atom is -0.371 e. The molecule has 0 spiro atoms. The molecule has 0 aliphatic carbocycles. The second-order valence-electron chi connectivity index (χ2n) is 5.61. The molecule has 0 aromatic heterocycles. The monoisotopic (exact) mass is 240 g/mol. The van der Waals surface area contributed by atoms with Crippen LogP contribution in [0.3, 0.4) is 0 Å². The second-order valence-corrected chi connectivity index (χ2v) is 5.61. The topological polar surface area (TPSA) is 41.6 Å². The van der Waals surface area contributed by atoms with E-state index in [9.17, 15) is 4.79 Å². The maximum Gasteiger partial charge on any atom is 0.248 e. The number of hydrogen-bond acceptors (Lipinski definition) is 3. The summed E-state index contributed by atoms with van der Waals surface area (Å²) >= 11 is 0. The maximum absolute atomic E-state index is 12.1. The Morgan fingerprint density at radius 1 is 1.53 bits per heavy atom.